The van der Waals surface area contributed by atoms with Gasteiger partial charge < -0.3 is 9.84 Å². The minimum atomic E-state index is -0.292. The second kappa shape index (κ2) is 9.59. The maximum Gasteiger partial charge on any atom is 0.118 e. The molecule has 0 fully saturated rings. The molecule has 0 aliphatic heterocycles. The topological polar surface area (TPSA) is 32.7 Å². The van der Waals surface area contributed by atoms with Crippen molar-refractivity contribution in [3.63, 3.8) is 0 Å². The van der Waals surface area contributed by atoms with Gasteiger partial charge in [-0.1, -0.05) is 32.1 Å². The van der Waals surface area contributed by atoms with Crippen molar-refractivity contribution in [3.05, 3.63) is 42.5 Å². The zero-order valence-electron chi connectivity index (χ0n) is 13.6. The molecule has 1 rings (SSSR count). The van der Waals surface area contributed by atoms with Crippen molar-refractivity contribution in [2.75, 3.05) is 20.2 Å². The van der Waals surface area contributed by atoms with E-state index in [1.54, 1.807) is 7.11 Å². The molecular formula is C18H29NO2. The molecule has 0 saturated carbocycles. The van der Waals surface area contributed by atoms with E-state index in [0.29, 0.717) is 12.5 Å². The number of methoxy groups -OCH3 is 1. The summed E-state index contributed by atoms with van der Waals surface area (Å²) < 4.78 is 5.18. The quantitative estimate of drug-likeness (QED) is 0.670. The molecule has 118 valence electrons. The third kappa shape index (κ3) is 7.30. The van der Waals surface area contributed by atoms with Crippen LogP contribution in [-0.4, -0.2) is 36.3 Å². The van der Waals surface area contributed by atoms with Gasteiger partial charge >= 0.3 is 0 Å². The Morgan fingerprint density at radius 1 is 1.24 bits per heavy atom. The van der Waals surface area contributed by atoms with Gasteiger partial charge in [0, 0.05) is 19.6 Å². The Balaban J connectivity index is 2.61. The molecule has 0 saturated heterocycles. The molecule has 0 aliphatic rings. The predicted molar refractivity (Wildman–Crippen MR) is 88.5 cm³/mol. The number of aliphatic hydroxyl groups excluding tert-OH is 1. The summed E-state index contributed by atoms with van der Waals surface area (Å²) in [5, 5.41) is 10.1. The first-order valence-corrected chi connectivity index (χ1v) is 7.69. The lowest BCUT2D eigenvalue weighted by atomic mass is 10.1. The zero-order chi connectivity index (χ0) is 15.7. The molecule has 0 amide bonds. The van der Waals surface area contributed by atoms with Crippen LogP contribution in [0.1, 0.15) is 32.3 Å². The molecule has 0 heterocycles. The highest BCUT2D eigenvalue weighted by Crippen LogP contribution is 2.14. The van der Waals surface area contributed by atoms with E-state index in [2.05, 4.69) is 37.5 Å². The van der Waals surface area contributed by atoms with E-state index in [9.17, 15) is 5.11 Å². The van der Waals surface area contributed by atoms with Gasteiger partial charge in [-0.25, -0.2) is 0 Å². The summed E-state index contributed by atoms with van der Waals surface area (Å²) >= 11 is 0. The van der Waals surface area contributed by atoms with Gasteiger partial charge in [0.15, 0.2) is 0 Å². The molecule has 1 aromatic rings. The Kier molecular flexibility index (Phi) is 8.09. The molecule has 0 bridgehead atoms. The van der Waals surface area contributed by atoms with Crippen molar-refractivity contribution >= 4 is 0 Å². The van der Waals surface area contributed by atoms with E-state index in [0.717, 1.165) is 31.7 Å². The molecule has 1 aromatic carbocycles. The molecule has 0 spiro atoms. The summed E-state index contributed by atoms with van der Waals surface area (Å²) in [5.74, 6) is 1.45. The molecule has 21 heavy (non-hydrogen) atoms. The third-order valence-corrected chi connectivity index (χ3v) is 3.36. The van der Waals surface area contributed by atoms with Crippen LogP contribution in [0.15, 0.2) is 36.9 Å². The fourth-order valence-electron chi connectivity index (χ4n) is 2.41. The largest absolute Gasteiger partial charge is 0.497 e. The summed E-state index contributed by atoms with van der Waals surface area (Å²) in [6.07, 6.45) is 3.21. The lowest BCUT2D eigenvalue weighted by Gasteiger charge is -2.26. The van der Waals surface area contributed by atoms with E-state index < -0.39 is 0 Å². The molecule has 0 aliphatic carbocycles. The summed E-state index contributed by atoms with van der Waals surface area (Å²) in [7, 11) is 1.68. The number of allylic oxidation sites excluding steroid dienone is 1. The average molecular weight is 291 g/mol. The van der Waals surface area contributed by atoms with Crippen molar-refractivity contribution in [2.24, 2.45) is 5.92 Å². The van der Waals surface area contributed by atoms with E-state index in [1.807, 2.05) is 18.2 Å². The second-order valence-corrected chi connectivity index (χ2v) is 5.96. The standard InChI is InChI=1S/C18H29NO2/c1-5-6-7-17(20)14-19(12-15(2)3)13-16-8-10-18(21-4)11-9-16/h5,8-11,15,17,20H,1,6-7,12-14H2,2-4H3. The number of hydrogen-bond acceptors (Lipinski definition) is 3. The van der Waals surface area contributed by atoms with E-state index in [1.165, 1.54) is 5.56 Å². The maximum absolute atomic E-state index is 10.1. The number of aliphatic hydroxyl groups is 1. The highest BCUT2D eigenvalue weighted by atomic mass is 16.5. The molecular weight excluding hydrogens is 262 g/mol. The molecule has 3 heteroatoms. The molecule has 1 N–H and O–H groups in total. The second-order valence-electron chi connectivity index (χ2n) is 5.96. The molecule has 0 aromatic heterocycles. The Hall–Kier alpha value is -1.32. The highest BCUT2D eigenvalue weighted by molar-refractivity contribution is 5.27. The lowest BCUT2D eigenvalue weighted by molar-refractivity contribution is 0.0957. The summed E-state index contributed by atoms with van der Waals surface area (Å²) in [6.45, 7) is 10.7. The number of benzene rings is 1. The van der Waals surface area contributed by atoms with E-state index in [-0.39, 0.29) is 6.10 Å². The van der Waals surface area contributed by atoms with Crippen LogP contribution in [0.5, 0.6) is 5.75 Å². The minimum Gasteiger partial charge on any atom is -0.497 e. The summed E-state index contributed by atoms with van der Waals surface area (Å²) in [4.78, 5) is 2.32. The normalized spacial score (nSPS) is 12.7. The Bertz CT molecular complexity index is 400. The minimum absolute atomic E-state index is 0.292. The van der Waals surface area contributed by atoms with Gasteiger partial charge in [0.25, 0.3) is 0 Å². The molecule has 1 unspecified atom stereocenters. The van der Waals surface area contributed by atoms with Crippen molar-refractivity contribution in [3.8, 4) is 5.75 Å². The van der Waals surface area contributed by atoms with E-state index in [4.69, 9.17) is 4.74 Å². The number of ether oxygens (including phenoxy) is 1. The van der Waals surface area contributed by atoms with Crippen LogP contribution < -0.4 is 4.74 Å². The SMILES string of the molecule is C=CCCC(O)CN(Cc1ccc(OC)cc1)CC(C)C. The lowest BCUT2D eigenvalue weighted by Crippen LogP contribution is -2.34. The Morgan fingerprint density at radius 2 is 1.90 bits per heavy atom. The van der Waals surface area contributed by atoms with Crippen LogP contribution in [0.4, 0.5) is 0 Å². The first-order valence-electron chi connectivity index (χ1n) is 7.69. The smallest absolute Gasteiger partial charge is 0.118 e. The number of hydrogen-bond donors (Lipinski definition) is 1. The van der Waals surface area contributed by atoms with Gasteiger partial charge in [-0.05, 0) is 36.5 Å². The highest BCUT2D eigenvalue weighted by Gasteiger charge is 2.13. The van der Waals surface area contributed by atoms with Gasteiger partial charge in [0.1, 0.15) is 5.75 Å². The fraction of sp³-hybridized carbons (Fsp3) is 0.556. The first kappa shape index (κ1) is 17.7. The van der Waals surface area contributed by atoms with Crippen molar-refractivity contribution in [2.45, 2.75) is 39.3 Å². The molecule has 3 nitrogen and oxygen atoms in total. The molecule has 1 atom stereocenters. The van der Waals surface area contributed by atoms with Crippen molar-refractivity contribution in [1.29, 1.82) is 0 Å². The van der Waals surface area contributed by atoms with Crippen LogP contribution in [0.3, 0.4) is 0 Å². The Morgan fingerprint density at radius 3 is 2.43 bits per heavy atom. The van der Waals surface area contributed by atoms with Gasteiger partial charge in [0.2, 0.25) is 0 Å². The first-order chi connectivity index (χ1) is 10.0. The van der Waals surface area contributed by atoms with Crippen molar-refractivity contribution < 1.29 is 9.84 Å². The Labute approximate surface area is 129 Å². The zero-order valence-corrected chi connectivity index (χ0v) is 13.6. The van der Waals surface area contributed by atoms with Gasteiger partial charge in [-0.15, -0.1) is 6.58 Å². The van der Waals surface area contributed by atoms with Crippen LogP contribution in [0.25, 0.3) is 0 Å². The number of rotatable bonds is 10. The fourth-order valence-corrected chi connectivity index (χ4v) is 2.41. The van der Waals surface area contributed by atoms with Crippen molar-refractivity contribution in [1.82, 2.24) is 4.90 Å². The maximum atomic E-state index is 10.1. The number of nitrogens with zero attached hydrogens (tertiary/aromatic N) is 1. The van der Waals surface area contributed by atoms with Crippen LogP contribution >= 0.6 is 0 Å². The summed E-state index contributed by atoms with van der Waals surface area (Å²) in [6, 6.07) is 8.14. The van der Waals surface area contributed by atoms with Crippen LogP contribution in [-0.2, 0) is 6.54 Å². The monoisotopic (exact) mass is 291 g/mol. The third-order valence-electron chi connectivity index (χ3n) is 3.36. The van der Waals surface area contributed by atoms with Crippen LogP contribution in [0.2, 0.25) is 0 Å². The van der Waals surface area contributed by atoms with E-state index >= 15 is 0 Å². The van der Waals surface area contributed by atoms with Gasteiger partial charge in [0.05, 0.1) is 13.2 Å². The predicted octanol–water partition coefficient (Wildman–Crippen LogP) is 3.48. The molecule has 0 radical (unpaired) electrons. The van der Waals surface area contributed by atoms with Gasteiger partial charge in [-0.2, -0.15) is 0 Å². The van der Waals surface area contributed by atoms with Gasteiger partial charge in [-0.3, -0.25) is 4.90 Å². The summed E-state index contributed by atoms with van der Waals surface area (Å²) in [5.41, 5.74) is 1.24. The van der Waals surface area contributed by atoms with Crippen LogP contribution in [0, 0.1) is 5.92 Å². The average Bonchev–Trinajstić information content (AvgIpc) is 2.45.